The van der Waals surface area contributed by atoms with Crippen LogP contribution in [0.25, 0.3) is 0 Å². The number of aromatic nitrogens is 2. The number of aryl methyl sites for hydroxylation is 1. The van der Waals surface area contributed by atoms with Crippen molar-refractivity contribution in [3.8, 4) is 5.75 Å². The van der Waals surface area contributed by atoms with E-state index in [2.05, 4.69) is 21.1 Å². The van der Waals surface area contributed by atoms with Crippen LogP contribution < -0.4 is 4.74 Å². The largest absolute Gasteiger partial charge is 0.491 e. The van der Waals surface area contributed by atoms with Gasteiger partial charge in [0.15, 0.2) is 0 Å². The van der Waals surface area contributed by atoms with E-state index >= 15 is 0 Å². The number of nitrogens with zero attached hydrogens (tertiary/aromatic N) is 4. The molecule has 0 spiro atoms. The number of piperazine rings is 1. The predicted octanol–water partition coefficient (Wildman–Crippen LogP) is 0.978. The summed E-state index contributed by atoms with van der Waals surface area (Å²) in [5.41, 5.74) is 1.25. The van der Waals surface area contributed by atoms with Gasteiger partial charge in [0.1, 0.15) is 18.5 Å². The third-order valence-electron chi connectivity index (χ3n) is 4.28. The molecule has 1 atom stereocenters. The molecule has 1 aromatic heterocycles. The molecule has 24 heavy (non-hydrogen) atoms. The second-order valence-electron chi connectivity index (χ2n) is 6.38. The summed E-state index contributed by atoms with van der Waals surface area (Å²) in [7, 11) is 1.94. The lowest BCUT2D eigenvalue weighted by Crippen LogP contribution is -2.48. The molecule has 2 heterocycles. The molecule has 1 aliphatic heterocycles. The molecule has 130 valence electrons. The van der Waals surface area contributed by atoms with E-state index in [1.54, 1.807) is 0 Å². The van der Waals surface area contributed by atoms with Gasteiger partial charge < -0.3 is 9.84 Å². The van der Waals surface area contributed by atoms with Crippen LogP contribution in [-0.4, -0.2) is 70.1 Å². The average molecular weight is 330 g/mol. The number of β-amino-alcohol motifs (C(OH)–C–C–N with tert-alkyl or cyclic N) is 1. The van der Waals surface area contributed by atoms with Crippen LogP contribution in [0.1, 0.15) is 5.56 Å². The lowest BCUT2D eigenvalue weighted by atomic mass is 10.2. The van der Waals surface area contributed by atoms with Gasteiger partial charge in [-0.15, -0.1) is 0 Å². The zero-order valence-corrected chi connectivity index (χ0v) is 14.2. The number of hydrogen-bond donors (Lipinski definition) is 1. The lowest BCUT2D eigenvalue weighted by Gasteiger charge is -2.35. The van der Waals surface area contributed by atoms with Gasteiger partial charge in [0.2, 0.25) is 0 Å². The molecule has 1 aliphatic rings. The smallest absolute Gasteiger partial charge is 0.119 e. The highest BCUT2D eigenvalue weighted by Crippen LogP contribution is 2.10. The summed E-state index contributed by atoms with van der Waals surface area (Å²) in [5.74, 6) is 0.804. The number of para-hydroxylation sites is 1. The number of rotatable bonds is 7. The molecule has 1 aromatic carbocycles. The quantitative estimate of drug-likeness (QED) is 0.820. The Labute approximate surface area is 143 Å². The van der Waals surface area contributed by atoms with E-state index in [9.17, 15) is 5.11 Å². The molecule has 1 saturated heterocycles. The van der Waals surface area contributed by atoms with Gasteiger partial charge in [0, 0.05) is 58.1 Å². The van der Waals surface area contributed by atoms with Crippen molar-refractivity contribution in [3.05, 3.63) is 48.3 Å². The molecular formula is C18H26N4O2. The molecular weight excluding hydrogens is 304 g/mol. The van der Waals surface area contributed by atoms with Gasteiger partial charge in [-0.1, -0.05) is 18.2 Å². The molecule has 0 aliphatic carbocycles. The molecule has 3 rings (SSSR count). The second-order valence-corrected chi connectivity index (χ2v) is 6.38. The Kier molecular flexibility index (Phi) is 5.85. The molecule has 6 nitrogen and oxygen atoms in total. The van der Waals surface area contributed by atoms with Crippen molar-refractivity contribution >= 4 is 0 Å². The van der Waals surface area contributed by atoms with Crippen molar-refractivity contribution in [3.63, 3.8) is 0 Å². The molecule has 0 amide bonds. The summed E-state index contributed by atoms with van der Waals surface area (Å²) >= 11 is 0. The van der Waals surface area contributed by atoms with Crippen LogP contribution in [0.5, 0.6) is 5.75 Å². The van der Waals surface area contributed by atoms with Crippen molar-refractivity contribution in [2.45, 2.75) is 12.6 Å². The molecule has 1 N–H and O–H groups in total. The van der Waals surface area contributed by atoms with Gasteiger partial charge >= 0.3 is 0 Å². The zero-order chi connectivity index (χ0) is 16.8. The average Bonchev–Trinajstić information content (AvgIpc) is 3.01. The Morgan fingerprint density at radius 1 is 1.12 bits per heavy atom. The molecule has 2 aromatic rings. The van der Waals surface area contributed by atoms with E-state index < -0.39 is 6.10 Å². The molecule has 1 fully saturated rings. The van der Waals surface area contributed by atoms with Crippen molar-refractivity contribution in [1.29, 1.82) is 0 Å². The summed E-state index contributed by atoms with van der Waals surface area (Å²) in [6, 6.07) is 9.63. The lowest BCUT2D eigenvalue weighted by molar-refractivity contribution is 0.0446. The first-order valence-electron chi connectivity index (χ1n) is 8.47. The Bertz CT molecular complexity index is 608. The van der Waals surface area contributed by atoms with Crippen molar-refractivity contribution < 1.29 is 9.84 Å². The van der Waals surface area contributed by atoms with Crippen molar-refractivity contribution in [1.82, 2.24) is 19.6 Å². The summed E-state index contributed by atoms with van der Waals surface area (Å²) in [4.78, 5) is 4.74. The maximum atomic E-state index is 10.2. The minimum atomic E-state index is -0.463. The summed E-state index contributed by atoms with van der Waals surface area (Å²) in [5, 5.41) is 14.4. The summed E-state index contributed by atoms with van der Waals surface area (Å²) < 4.78 is 7.46. The first-order valence-corrected chi connectivity index (χ1v) is 8.47. The predicted molar refractivity (Wildman–Crippen MR) is 92.9 cm³/mol. The minimum absolute atomic E-state index is 0.333. The van der Waals surface area contributed by atoms with E-state index in [0.717, 1.165) is 38.5 Å². The highest BCUT2D eigenvalue weighted by Gasteiger charge is 2.19. The number of aliphatic hydroxyl groups excluding tert-OH is 1. The van der Waals surface area contributed by atoms with Crippen LogP contribution in [0.2, 0.25) is 0 Å². The van der Waals surface area contributed by atoms with Crippen molar-refractivity contribution in [2.75, 3.05) is 39.3 Å². The van der Waals surface area contributed by atoms with Crippen LogP contribution in [0.3, 0.4) is 0 Å². The fraction of sp³-hybridized carbons (Fsp3) is 0.500. The van der Waals surface area contributed by atoms with Crippen LogP contribution in [0.4, 0.5) is 0 Å². The number of benzene rings is 1. The van der Waals surface area contributed by atoms with Gasteiger partial charge in [-0.05, 0) is 12.1 Å². The van der Waals surface area contributed by atoms with E-state index in [1.165, 1.54) is 5.56 Å². The Balaban J connectivity index is 1.35. The third kappa shape index (κ3) is 5.06. The van der Waals surface area contributed by atoms with Gasteiger partial charge in [-0.2, -0.15) is 5.10 Å². The Hall–Kier alpha value is -1.89. The number of ether oxygens (including phenoxy) is 1. The Morgan fingerprint density at radius 3 is 2.50 bits per heavy atom. The summed E-state index contributed by atoms with van der Waals surface area (Å²) in [6.07, 6.45) is 3.53. The van der Waals surface area contributed by atoms with Gasteiger partial charge in [0.05, 0.1) is 6.20 Å². The Morgan fingerprint density at radius 2 is 1.83 bits per heavy atom. The fourth-order valence-corrected chi connectivity index (χ4v) is 3.00. The van der Waals surface area contributed by atoms with Crippen LogP contribution in [-0.2, 0) is 13.6 Å². The fourth-order valence-electron chi connectivity index (χ4n) is 3.00. The van der Waals surface area contributed by atoms with E-state index in [-0.39, 0.29) is 0 Å². The number of aliphatic hydroxyl groups is 1. The summed E-state index contributed by atoms with van der Waals surface area (Å²) in [6.45, 7) is 5.92. The second kappa shape index (κ2) is 8.28. The van der Waals surface area contributed by atoms with Crippen molar-refractivity contribution in [2.24, 2.45) is 7.05 Å². The maximum Gasteiger partial charge on any atom is 0.119 e. The molecule has 6 heteroatoms. The third-order valence-corrected chi connectivity index (χ3v) is 4.28. The van der Waals surface area contributed by atoms with Gasteiger partial charge in [0.25, 0.3) is 0 Å². The highest BCUT2D eigenvalue weighted by molar-refractivity contribution is 5.20. The van der Waals surface area contributed by atoms with Gasteiger partial charge in [-0.3, -0.25) is 14.5 Å². The highest BCUT2D eigenvalue weighted by atomic mass is 16.5. The van der Waals surface area contributed by atoms with Crippen LogP contribution in [0, 0.1) is 0 Å². The van der Waals surface area contributed by atoms with E-state index in [1.807, 2.05) is 48.3 Å². The molecule has 0 radical (unpaired) electrons. The monoisotopic (exact) mass is 330 g/mol. The molecule has 0 saturated carbocycles. The number of hydrogen-bond acceptors (Lipinski definition) is 5. The topological polar surface area (TPSA) is 53.8 Å². The SMILES string of the molecule is Cn1cc(CN2CCN(CC(O)COc3ccccc3)CC2)cn1. The van der Waals surface area contributed by atoms with Crippen LogP contribution in [0.15, 0.2) is 42.7 Å². The molecule has 1 unspecified atom stereocenters. The van der Waals surface area contributed by atoms with E-state index in [4.69, 9.17) is 4.74 Å². The van der Waals surface area contributed by atoms with Gasteiger partial charge in [-0.25, -0.2) is 0 Å². The zero-order valence-electron chi connectivity index (χ0n) is 14.2. The standard InChI is InChI=1S/C18H26N4O2/c1-20-12-16(11-19-20)13-21-7-9-22(10-8-21)14-17(23)15-24-18-5-3-2-4-6-18/h2-6,11-12,17,23H,7-10,13-15H2,1H3. The normalized spacial score (nSPS) is 17.8. The first-order chi connectivity index (χ1) is 11.7. The first kappa shape index (κ1) is 17.0. The maximum absolute atomic E-state index is 10.2. The molecule has 0 bridgehead atoms. The minimum Gasteiger partial charge on any atom is -0.491 e. The van der Waals surface area contributed by atoms with Crippen LogP contribution >= 0.6 is 0 Å². The van der Waals surface area contributed by atoms with E-state index in [0.29, 0.717) is 13.2 Å².